The Balaban J connectivity index is 2.05. The first-order valence-electron chi connectivity index (χ1n) is 7.40. The third-order valence-electron chi connectivity index (χ3n) is 3.26. The van der Waals surface area contributed by atoms with E-state index in [1.54, 1.807) is 25.1 Å². The number of hydrogen-bond acceptors (Lipinski definition) is 5. The Morgan fingerprint density at radius 2 is 2.35 bits per heavy atom. The van der Waals surface area contributed by atoms with Crippen LogP contribution in [0.1, 0.15) is 12.5 Å². The number of benzene rings is 1. The zero-order valence-electron chi connectivity index (χ0n) is 12.8. The second-order valence-electron chi connectivity index (χ2n) is 4.86. The highest BCUT2D eigenvalue weighted by Gasteiger charge is 2.22. The van der Waals surface area contributed by atoms with E-state index in [0.29, 0.717) is 25.3 Å². The molecule has 8 heteroatoms. The second kappa shape index (κ2) is 8.64. The third-order valence-corrected chi connectivity index (χ3v) is 3.26. The average molecular weight is 330 g/mol. The summed E-state index contributed by atoms with van der Waals surface area (Å²) in [7, 11) is 0. The maximum atomic E-state index is 12.6. The molecule has 1 saturated heterocycles. The number of halogens is 2. The van der Waals surface area contributed by atoms with Gasteiger partial charge in [-0.2, -0.15) is 8.78 Å². The number of hydrogen-bond donors (Lipinski definition) is 2. The minimum Gasteiger partial charge on any atom is -0.490 e. The molecule has 1 aliphatic heterocycles. The number of carbonyl (C=O) groups excluding carboxylic acids is 1. The lowest BCUT2D eigenvalue weighted by molar-refractivity contribution is -0.126. The fourth-order valence-electron chi connectivity index (χ4n) is 2.23. The summed E-state index contributed by atoms with van der Waals surface area (Å²) in [6, 6.07) is 4.36. The first-order chi connectivity index (χ1) is 11.1. The van der Waals surface area contributed by atoms with E-state index in [1.165, 1.54) is 0 Å². The number of alkyl halides is 2. The summed E-state index contributed by atoms with van der Waals surface area (Å²) in [5.74, 6) is -0.0920. The topological polar surface area (TPSA) is 68.8 Å². The fourth-order valence-corrected chi connectivity index (χ4v) is 2.23. The molecule has 1 unspecified atom stereocenters. The molecule has 1 aromatic carbocycles. The minimum absolute atomic E-state index is 0.0555. The molecule has 0 bridgehead atoms. The molecule has 1 fully saturated rings. The number of nitrogens with one attached hydrogen (secondary N) is 2. The Bertz CT molecular complexity index is 522. The first kappa shape index (κ1) is 17.4. The summed E-state index contributed by atoms with van der Waals surface area (Å²) in [6.45, 7) is 0.586. The second-order valence-corrected chi connectivity index (χ2v) is 4.86. The maximum Gasteiger partial charge on any atom is 0.387 e. The monoisotopic (exact) mass is 330 g/mol. The van der Waals surface area contributed by atoms with Crippen molar-refractivity contribution in [2.45, 2.75) is 26.1 Å². The van der Waals surface area contributed by atoms with Crippen LogP contribution in [0.2, 0.25) is 0 Å². The fraction of sp³-hybridized carbons (Fsp3) is 0.533. The molecule has 1 aliphatic rings. The smallest absolute Gasteiger partial charge is 0.387 e. The van der Waals surface area contributed by atoms with Gasteiger partial charge in [0, 0.05) is 18.7 Å². The van der Waals surface area contributed by atoms with Gasteiger partial charge in [-0.1, -0.05) is 12.1 Å². The molecular formula is C15H20F2N2O4. The quantitative estimate of drug-likeness (QED) is 0.788. The van der Waals surface area contributed by atoms with E-state index in [9.17, 15) is 13.6 Å². The molecule has 1 atom stereocenters. The standard InChI is InChI=1S/C15H20F2N2O4/c1-2-22-12-5-3-4-10(13(12)23-15(16)17)8-19-14(20)11-9-21-7-6-18-11/h3-5,11,15,18H,2,6-9H2,1H3,(H,19,20). The van der Waals surface area contributed by atoms with Gasteiger partial charge in [-0.25, -0.2) is 0 Å². The lowest BCUT2D eigenvalue weighted by Crippen LogP contribution is -2.51. The van der Waals surface area contributed by atoms with E-state index in [2.05, 4.69) is 15.4 Å². The molecule has 0 radical (unpaired) electrons. The lowest BCUT2D eigenvalue weighted by atomic mass is 10.1. The van der Waals surface area contributed by atoms with Crippen LogP contribution in [0.25, 0.3) is 0 Å². The molecule has 0 aliphatic carbocycles. The van der Waals surface area contributed by atoms with Gasteiger partial charge in [0.25, 0.3) is 0 Å². The number of amides is 1. The van der Waals surface area contributed by atoms with Crippen molar-refractivity contribution in [1.82, 2.24) is 10.6 Å². The van der Waals surface area contributed by atoms with Crippen molar-refractivity contribution < 1.29 is 27.8 Å². The largest absolute Gasteiger partial charge is 0.490 e. The van der Waals surface area contributed by atoms with Crippen LogP contribution in [0.15, 0.2) is 18.2 Å². The molecule has 23 heavy (non-hydrogen) atoms. The van der Waals surface area contributed by atoms with Gasteiger partial charge < -0.3 is 24.8 Å². The molecule has 0 saturated carbocycles. The molecular weight excluding hydrogens is 310 g/mol. The molecule has 0 aromatic heterocycles. The van der Waals surface area contributed by atoms with Crippen LogP contribution in [-0.4, -0.2) is 44.9 Å². The number of morpholine rings is 1. The highest BCUT2D eigenvalue weighted by molar-refractivity contribution is 5.82. The Labute approximate surface area is 133 Å². The van der Waals surface area contributed by atoms with Crippen molar-refractivity contribution >= 4 is 5.91 Å². The molecule has 6 nitrogen and oxygen atoms in total. The maximum absolute atomic E-state index is 12.6. The Kier molecular flexibility index (Phi) is 6.54. The van der Waals surface area contributed by atoms with E-state index in [1.807, 2.05) is 0 Å². The van der Waals surface area contributed by atoms with Crippen LogP contribution in [0.3, 0.4) is 0 Å². The zero-order valence-corrected chi connectivity index (χ0v) is 12.8. The van der Waals surface area contributed by atoms with Gasteiger partial charge in [0.1, 0.15) is 6.04 Å². The molecule has 1 amide bonds. The first-order valence-corrected chi connectivity index (χ1v) is 7.40. The summed E-state index contributed by atoms with van der Waals surface area (Å²) in [5.41, 5.74) is 0.418. The normalized spacial score (nSPS) is 17.8. The molecule has 2 N–H and O–H groups in total. The average Bonchev–Trinajstić information content (AvgIpc) is 2.55. The van der Waals surface area contributed by atoms with E-state index >= 15 is 0 Å². The number of carbonyl (C=O) groups is 1. The van der Waals surface area contributed by atoms with Crippen LogP contribution >= 0.6 is 0 Å². The summed E-state index contributed by atoms with van der Waals surface area (Å²) < 4.78 is 40.3. The lowest BCUT2D eigenvalue weighted by Gasteiger charge is -2.23. The van der Waals surface area contributed by atoms with E-state index in [4.69, 9.17) is 9.47 Å². The van der Waals surface area contributed by atoms with Crippen LogP contribution in [0.5, 0.6) is 11.5 Å². The van der Waals surface area contributed by atoms with Gasteiger partial charge in [-0.3, -0.25) is 4.79 Å². The van der Waals surface area contributed by atoms with Crippen molar-refractivity contribution in [3.05, 3.63) is 23.8 Å². The predicted molar refractivity (Wildman–Crippen MR) is 78.7 cm³/mol. The van der Waals surface area contributed by atoms with Crippen molar-refractivity contribution in [2.24, 2.45) is 0 Å². The summed E-state index contributed by atoms with van der Waals surface area (Å²) in [5, 5.41) is 5.71. The molecule has 1 aromatic rings. The van der Waals surface area contributed by atoms with Crippen molar-refractivity contribution in [3.8, 4) is 11.5 Å². The highest BCUT2D eigenvalue weighted by atomic mass is 19.3. The highest BCUT2D eigenvalue weighted by Crippen LogP contribution is 2.32. The Morgan fingerprint density at radius 3 is 3.00 bits per heavy atom. The van der Waals surface area contributed by atoms with Crippen molar-refractivity contribution in [2.75, 3.05) is 26.4 Å². The Morgan fingerprint density at radius 1 is 1.52 bits per heavy atom. The van der Waals surface area contributed by atoms with Crippen molar-refractivity contribution in [1.29, 1.82) is 0 Å². The Hall–Kier alpha value is -1.93. The van der Waals surface area contributed by atoms with E-state index < -0.39 is 12.7 Å². The SMILES string of the molecule is CCOc1cccc(CNC(=O)C2COCCN2)c1OC(F)F. The van der Waals surface area contributed by atoms with Gasteiger partial charge >= 0.3 is 6.61 Å². The third kappa shape index (κ3) is 5.04. The van der Waals surface area contributed by atoms with Crippen LogP contribution in [-0.2, 0) is 16.1 Å². The molecule has 128 valence electrons. The van der Waals surface area contributed by atoms with Gasteiger partial charge in [-0.15, -0.1) is 0 Å². The van der Waals surface area contributed by atoms with E-state index in [0.717, 1.165) is 0 Å². The summed E-state index contributed by atoms with van der Waals surface area (Å²) >= 11 is 0. The van der Waals surface area contributed by atoms with Gasteiger partial charge in [0.05, 0.1) is 19.8 Å². The predicted octanol–water partition coefficient (Wildman–Crippen LogP) is 1.29. The van der Waals surface area contributed by atoms with E-state index in [-0.39, 0.29) is 30.6 Å². The number of ether oxygens (including phenoxy) is 3. The van der Waals surface area contributed by atoms with Crippen LogP contribution in [0, 0.1) is 0 Å². The zero-order chi connectivity index (χ0) is 16.7. The molecule has 1 heterocycles. The molecule has 2 rings (SSSR count). The number of para-hydroxylation sites is 1. The van der Waals surface area contributed by atoms with Crippen LogP contribution < -0.4 is 20.1 Å². The summed E-state index contributed by atoms with van der Waals surface area (Å²) in [4.78, 5) is 12.0. The molecule has 0 spiro atoms. The van der Waals surface area contributed by atoms with Gasteiger partial charge in [-0.05, 0) is 13.0 Å². The van der Waals surface area contributed by atoms with Crippen molar-refractivity contribution in [3.63, 3.8) is 0 Å². The minimum atomic E-state index is -2.97. The van der Waals surface area contributed by atoms with Gasteiger partial charge in [0.2, 0.25) is 5.91 Å². The van der Waals surface area contributed by atoms with Gasteiger partial charge in [0.15, 0.2) is 11.5 Å². The summed E-state index contributed by atoms with van der Waals surface area (Å²) in [6.07, 6.45) is 0. The van der Waals surface area contributed by atoms with Crippen LogP contribution in [0.4, 0.5) is 8.78 Å². The number of rotatable bonds is 7.